The molecule has 1 heterocycles. The lowest BCUT2D eigenvalue weighted by molar-refractivity contribution is 0.117. The van der Waals surface area contributed by atoms with Crippen molar-refractivity contribution in [3.63, 3.8) is 0 Å². The summed E-state index contributed by atoms with van der Waals surface area (Å²) in [7, 11) is 0. The summed E-state index contributed by atoms with van der Waals surface area (Å²) in [5.74, 6) is 0.167. The van der Waals surface area contributed by atoms with Crippen LogP contribution < -0.4 is 0 Å². The minimum atomic E-state index is -0.0254. The van der Waals surface area contributed by atoms with Crippen LogP contribution in [0, 0.1) is 17.2 Å². The number of hydrogen-bond acceptors (Lipinski definition) is 4. The van der Waals surface area contributed by atoms with E-state index in [0.29, 0.717) is 0 Å². The number of nitrogens with zero attached hydrogens (tertiary/aromatic N) is 4. The molecule has 2 unspecified atom stereocenters. The highest BCUT2D eigenvalue weighted by molar-refractivity contribution is 4.85. The highest BCUT2D eigenvalue weighted by Gasteiger charge is 2.22. The number of hydrogen-bond donors (Lipinski definition) is 0. The minimum Gasteiger partial charge on any atom is -0.274 e. The van der Waals surface area contributed by atoms with Gasteiger partial charge in [0, 0.05) is 12.5 Å². The van der Waals surface area contributed by atoms with E-state index >= 15 is 0 Å². The van der Waals surface area contributed by atoms with Crippen molar-refractivity contribution in [2.75, 3.05) is 6.54 Å². The Bertz CT molecular complexity index is 298. The van der Waals surface area contributed by atoms with Crippen molar-refractivity contribution >= 4 is 0 Å². The van der Waals surface area contributed by atoms with Gasteiger partial charge in [0.1, 0.15) is 0 Å². The monoisotopic (exact) mass is 236 g/mol. The van der Waals surface area contributed by atoms with Gasteiger partial charge in [0.05, 0.1) is 17.6 Å². The van der Waals surface area contributed by atoms with Crippen LogP contribution >= 0.6 is 0 Å². The summed E-state index contributed by atoms with van der Waals surface area (Å²) in [4.78, 5) is 0. The van der Waals surface area contributed by atoms with Gasteiger partial charge in [-0.2, -0.15) is 10.4 Å². The summed E-state index contributed by atoms with van der Waals surface area (Å²) in [6.45, 7) is 9.29. The van der Waals surface area contributed by atoms with Gasteiger partial charge in [-0.1, -0.05) is 5.22 Å². The highest BCUT2D eigenvalue weighted by atomic mass is 15.6. The second-order valence-electron chi connectivity index (χ2n) is 5.89. The Labute approximate surface area is 105 Å². The smallest absolute Gasteiger partial charge is 0.0701 e. The molecule has 4 nitrogen and oxygen atoms in total. The molecular formula is C13H24N4. The maximum Gasteiger partial charge on any atom is 0.0701 e. The summed E-state index contributed by atoms with van der Waals surface area (Å²) < 4.78 is 0. The van der Waals surface area contributed by atoms with E-state index in [1.54, 1.807) is 0 Å². The second kappa shape index (κ2) is 6.00. The zero-order chi connectivity index (χ0) is 12.9. The molecular weight excluding hydrogens is 212 g/mol. The van der Waals surface area contributed by atoms with Gasteiger partial charge in [0.25, 0.3) is 0 Å². The molecule has 0 aromatic carbocycles. The SMILES string of the molecule is CC1CCCC(C#N)CCN(C(C)(C)C)N=N1. The summed E-state index contributed by atoms with van der Waals surface area (Å²) in [5, 5.41) is 19.8. The van der Waals surface area contributed by atoms with Gasteiger partial charge in [0.2, 0.25) is 0 Å². The molecule has 0 aliphatic carbocycles. The van der Waals surface area contributed by atoms with E-state index in [4.69, 9.17) is 5.26 Å². The predicted molar refractivity (Wildman–Crippen MR) is 68.3 cm³/mol. The average molecular weight is 236 g/mol. The molecule has 0 radical (unpaired) electrons. The molecule has 1 aliphatic rings. The molecule has 1 aliphatic heterocycles. The Hall–Kier alpha value is -1.11. The van der Waals surface area contributed by atoms with E-state index in [-0.39, 0.29) is 17.5 Å². The van der Waals surface area contributed by atoms with Crippen LogP contribution in [0.1, 0.15) is 53.4 Å². The molecule has 0 spiro atoms. The van der Waals surface area contributed by atoms with Crippen molar-refractivity contribution in [2.45, 2.75) is 65.0 Å². The summed E-state index contributed by atoms with van der Waals surface area (Å²) in [6.07, 6.45) is 3.99. The van der Waals surface area contributed by atoms with Crippen LogP contribution in [-0.4, -0.2) is 23.1 Å². The first-order chi connectivity index (χ1) is 7.93. The largest absolute Gasteiger partial charge is 0.274 e. The molecule has 96 valence electrons. The van der Waals surface area contributed by atoms with Gasteiger partial charge in [-0.15, -0.1) is 0 Å². The molecule has 0 N–H and O–H groups in total. The molecule has 0 saturated heterocycles. The van der Waals surface area contributed by atoms with Crippen LogP contribution in [0.3, 0.4) is 0 Å². The van der Waals surface area contributed by atoms with Crippen molar-refractivity contribution < 1.29 is 0 Å². The van der Waals surface area contributed by atoms with Crippen molar-refractivity contribution in [1.29, 1.82) is 5.26 Å². The molecule has 0 bridgehead atoms. The zero-order valence-electron chi connectivity index (χ0n) is 11.5. The standard InChI is InChI=1S/C13H24N4/c1-11-6-5-7-12(10-14)8-9-17(16-15-11)13(2,3)4/h11-12H,5-9H2,1-4H3. The normalized spacial score (nSPS) is 27.6. The third-order valence-corrected chi connectivity index (χ3v) is 3.18. The van der Waals surface area contributed by atoms with Crippen molar-refractivity contribution in [3.8, 4) is 6.07 Å². The fraction of sp³-hybridized carbons (Fsp3) is 0.923. The van der Waals surface area contributed by atoms with Crippen molar-refractivity contribution in [2.24, 2.45) is 16.3 Å². The van der Waals surface area contributed by atoms with Crippen LogP contribution in [0.2, 0.25) is 0 Å². The fourth-order valence-corrected chi connectivity index (χ4v) is 1.93. The molecule has 0 fully saturated rings. The molecule has 17 heavy (non-hydrogen) atoms. The Morgan fingerprint density at radius 2 is 1.94 bits per heavy atom. The van der Waals surface area contributed by atoms with Crippen LogP contribution in [0.25, 0.3) is 0 Å². The maximum atomic E-state index is 9.10. The summed E-state index contributed by atoms with van der Waals surface area (Å²) >= 11 is 0. The highest BCUT2D eigenvalue weighted by Crippen LogP contribution is 2.21. The molecule has 4 heteroatoms. The Balaban J connectivity index is 2.76. The zero-order valence-corrected chi connectivity index (χ0v) is 11.5. The van der Waals surface area contributed by atoms with Gasteiger partial charge in [0.15, 0.2) is 0 Å². The van der Waals surface area contributed by atoms with Gasteiger partial charge >= 0.3 is 0 Å². The van der Waals surface area contributed by atoms with E-state index in [1.165, 1.54) is 0 Å². The quantitative estimate of drug-likeness (QED) is 0.645. The molecule has 1 rings (SSSR count). The van der Waals surface area contributed by atoms with Crippen molar-refractivity contribution in [1.82, 2.24) is 5.01 Å². The van der Waals surface area contributed by atoms with Crippen LogP contribution in [0.4, 0.5) is 0 Å². The molecule has 0 aromatic heterocycles. The van der Waals surface area contributed by atoms with Crippen LogP contribution in [0.15, 0.2) is 10.3 Å². The summed E-state index contributed by atoms with van der Waals surface area (Å²) in [5.41, 5.74) is -0.0254. The lowest BCUT2D eigenvalue weighted by Crippen LogP contribution is -2.38. The Morgan fingerprint density at radius 3 is 2.53 bits per heavy atom. The lowest BCUT2D eigenvalue weighted by atomic mass is 9.97. The fourth-order valence-electron chi connectivity index (χ4n) is 1.93. The molecule has 2 atom stereocenters. The first-order valence-corrected chi connectivity index (χ1v) is 6.51. The van der Waals surface area contributed by atoms with Gasteiger partial charge in [-0.05, 0) is 53.4 Å². The van der Waals surface area contributed by atoms with E-state index in [2.05, 4.69) is 44.1 Å². The molecule has 0 saturated carbocycles. The topological polar surface area (TPSA) is 51.8 Å². The van der Waals surface area contributed by atoms with E-state index in [1.807, 2.05) is 5.01 Å². The Kier molecular flexibility index (Phi) is 4.92. The third kappa shape index (κ3) is 4.72. The van der Waals surface area contributed by atoms with Gasteiger partial charge in [-0.25, -0.2) is 0 Å². The van der Waals surface area contributed by atoms with Gasteiger partial charge in [-0.3, -0.25) is 5.01 Å². The van der Waals surface area contributed by atoms with Gasteiger partial charge < -0.3 is 0 Å². The first-order valence-electron chi connectivity index (χ1n) is 6.51. The summed E-state index contributed by atoms with van der Waals surface area (Å²) in [6, 6.07) is 2.67. The lowest BCUT2D eigenvalue weighted by Gasteiger charge is -2.33. The maximum absolute atomic E-state index is 9.10. The van der Waals surface area contributed by atoms with E-state index in [9.17, 15) is 0 Å². The second-order valence-corrected chi connectivity index (χ2v) is 5.89. The molecule has 0 amide bonds. The predicted octanol–water partition coefficient (Wildman–Crippen LogP) is 3.56. The Morgan fingerprint density at radius 1 is 1.24 bits per heavy atom. The van der Waals surface area contributed by atoms with E-state index in [0.717, 1.165) is 32.2 Å². The number of nitriles is 1. The van der Waals surface area contributed by atoms with Crippen LogP contribution in [0.5, 0.6) is 0 Å². The third-order valence-electron chi connectivity index (χ3n) is 3.18. The number of rotatable bonds is 0. The molecule has 0 aromatic rings. The van der Waals surface area contributed by atoms with Crippen molar-refractivity contribution in [3.05, 3.63) is 0 Å². The average Bonchev–Trinajstić information content (AvgIpc) is 2.25. The minimum absolute atomic E-state index is 0.0254. The van der Waals surface area contributed by atoms with Crippen LogP contribution in [-0.2, 0) is 0 Å². The van der Waals surface area contributed by atoms with E-state index < -0.39 is 0 Å². The first kappa shape index (κ1) is 14.0.